The van der Waals surface area contributed by atoms with Gasteiger partial charge in [-0.25, -0.2) is 0 Å². The maximum Gasteiger partial charge on any atom is 0.258 e. The highest BCUT2D eigenvalue weighted by Crippen LogP contribution is 2.23. The number of nitrogens with one attached hydrogen (secondary N) is 1. The van der Waals surface area contributed by atoms with Crippen LogP contribution in [0.25, 0.3) is 10.8 Å². The number of aliphatic hydroxyl groups is 1. The molecule has 0 spiro atoms. The van der Waals surface area contributed by atoms with Crippen LogP contribution < -0.4 is 10.9 Å². The van der Waals surface area contributed by atoms with Crippen molar-refractivity contribution in [1.29, 1.82) is 0 Å². The van der Waals surface area contributed by atoms with Gasteiger partial charge in [-0.3, -0.25) is 9.59 Å². The second-order valence-electron chi connectivity index (χ2n) is 6.30. The lowest BCUT2D eigenvalue weighted by atomic mass is 10.1. The first kappa shape index (κ1) is 18.2. The fourth-order valence-electron chi connectivity index (χ4n) is 2.88. The van der Waals surface area contributed by atoms with Crippen molar-refractivity contribution in [3.05, 3.63) is 75.2 Å². The van der Waals surface area contributed by atoms with Crippen LogP contribution in [0.5, 0.6) is 0 Å². The third-order valence-electron chi connectivity index (χ3n) is 4.17. The van der Waals surface area contributed by atoms with E-state index in [2.05, 4.69) is 5.32 Å². The van der Waals surface area contributed by atoms with E-state index < -0.39 is 6.10 Å². The van der Waals surface area contributed by atoms with E-state index in [0.717, 1.165) is 5.56 Å². The van der Waals surface area contributed by atoms with Crippen LogP contribution in [0.2, 0.25) is 5.02 Å². The van der Waals surface area contributed by atoms with Gasteiger partial charge in [0.2, 0.25) is 0 Å². The molecule has 6 heteroatoms. The standard InChI is InChI=1S/C20H19ClN2O3/c1-12-6-7-14(21)10-17(12)19(25)22-18-5-3-4-16-15(18)8-9-23(20(16)26)11-13(2)24/h3-10,13,24H,11H2,1-2H3,(H,22,25). The highest BCUT2D eigenvalue weighted by atomic mass is 35.5. The number of amides is 1. The molecule has 3 rings (SSSR count). The second-order valence-corrected chi connectivity index (χ2v) is 6.74. The van der Waals surface area contributed by atoms with Gasteiger partial charge in [0.05, 0.1) is 12.6 Å². The maximum atomic E-state index is 12.6. The number of nitrogens with zero attached hydrogens (tertiary/aromatic N) is 1. The molecule has 3 aromatic rings. The number of anilines is 1. The number of halogens is 1. The Hall–Kier alpha value is -2.63. The minimum absolute atomic E-state index is 0.210. The van der Waals surface area contributed by atoms with Gasteiger partial charge in [-0.2, -0.15) is 0 Å². The molecule has 1 amide bonds. The molecule has 1 heterocycles. The largest absolute Gasteiger partial charge is 0.392 e. The van der Waals surface area contributed by atoms with Gasteiger partial charge in [-0.05, 0) is 49.7 Å². The van der Waals surface area contributed by atoms with Crippen molar-refractivity contribution in [3.63, 3.8) is 0 Å². The van der Waals surface area contributed by atoms with Gasteiger partial charge in [0, 0.05) is 33.2 Å². The lowest BCUT2D eigenvalue weighted by Gasteiger charge is -2.13. The Balaban J connectivity index is 2.01. The molecule has 0 saturated carbocycles. The van der Waals surface area contributed by atoms with Gasteiger partial charge in [0.15, 0.2) is 0 Å². The van der Waals surface area contributed by atoms with Gasteiger partial charge < -0.3 is 15.0 Å². The van der Waals surface area contributed by atoms with Gasteiger partial charge in [0.25, 0.3) is 11.5 Å². The van der Waals surface area contributed by atoms with Crippen LogP contribution in [0.15, 0.2) is 53.5 Å². The summed E-state index contributed by atoms with van der Waals surface area (Å²) in [7, 11) is 0. The Bertz CT molecular complexity index is 1040. The number of aryl methyl sites for hydroxylation is 1. The van der Waals surface area contributed by atoms with Crippen LogP contribution in [-0.4, -0.2) is 21.7 Å². The summed E-state index contributed by atoms with van der Waals surface area (Å²) in [6, 6.07) is 12.1. The van der Waals surface area contributed by atoms with E-state index in [1.54, 1.807) is 55.6 Å². The fourth-order valence-corrected chi connectivity index (χ4v) is 3.06. The van der Waals surface area contributed by atoms with E-state index in [9.17, 15) is 14.7 Å². The average Bonchev–Trinajstić information content (AvgIpc) is 2.59. The van der Waals surface area contributed by atoms with Crippen molar-refractivity contribution in [2.75, 3.05) is 5.32 Å². The number of aliphatic hydroxyl groups excluding tert-OH is 1. The van der Waals surface area contributed by atoms with E-state index in [1.807, 2.05) is 6.92 Å². The zero-order chi connectivity index (χ0) is 18.8. The number of carbonyl (C=O) groups excluding carboxylic acids is 1. The number of rotatable bonds is 4. The molecule has 0 bridgehead atoms. The Labute approximate surface area is 155 Å². The summed E-state index contributed by atoms with van der Waals surface area (Å²) in [6.07, 6.45) is 0.997. The molecular weight excluding hydrogens is 352 g/mol. The molecule has 1 unspecified atom stereocenters. The number of hydrogen-bond donors (Lipinski definition) is 2. The molecule has 134 valence electrons. The van der Waals surface area contributed by atoms with Crippen LogP contribution in [0.1, 0.15) is 22.8 Å². The molecule has 2 aromatic carbocycles. The lowest BCUT2D eigenvalue weighted by Crippen LogP contribution is -2.25. The highest BCUT2D eigenvalue weighted by Gasteiger charge is 2.13. The Kier molecular flexibility index (Phi) is 5.11. The Morgan fingerprint density at radius 3 is 2.73 bits per heavy atom. The number of carbonyl (C=O) groups is 1. The molecule has 0 aliphatic heterocycles. The predicted octanol–water partition coefficient (Wildman–Crippen LogP) is 3.60. The van der Waals surface area contributed by atoms with Crippen molar-refractivity contribution < 1.29 is 9.90 Å². The molecule has 0 aliphatic carbocycles. The molecule has 5 nitrogen and oxygen atoms in total. The van der Waals surface area contributed by atoms with E-state index in [-0.39, 0.29) is 18.0 Å². The van der Waals surface area contributed by atoms with E-state index >= 15 is 0 Å². The molecule has 1 aromatic heterocycles. The summed E-state index contributed by atoms with van der Waals surface area (Å²) >= 11 is 5.99. The summed E-state index contributed by atoms with van der Waals surface area (Å²) in [5.74, 6) is -0.286. The van der Waals surface area contributed by atoms with Crippen molar-refractivity contribution in [3.8, 4) is 0 Å². The molecule has 0 aliphatic rings. The minimum atomic E-state index is -0.626. The summed E-state index contributed by atoms with van der Waals surface area (Å²) in [5.41, 5.74) is 1.63. The predicted molar refractivity (Wildman–Crippen MR) is 104 cm³/mol. The Morgan fingerprint density at radius 2 is 2.00 bits per heavy atom. The van der Waals surface area contributed by atoms with Crippen molar-refractivity contribution >= 4 is 34.0 Å². The molecule has 1 atom stereocenters. The summed E-state index contributed by atoms with van der Waals surface area (Å²) in [6.45, 7) is 3.68. The normalized spacial score (nSPS) is 12.2. The maximum absolute atomic E-state index is 12.6. The average molecular weight is 371 g/mol. The number of pyridine rings is 1. The number of fused-ring (bicyclic) bond motifs is 1. The van der Waals surface area contributed by atoms with Gasteiger partial charge in [-0.15, -0.1) is 0 Å². The molecule has 2 N–H and O–H groups in total. The fraction of sp³-hybridized carbons (Fsp3) is 0.200. The van der Waals surface area contributed by atoms with Crippen LogP contribution in [0, 0.1) is 6.92 Å². The number of benzene rings is 2. The summed E-state index contributed by atoms with van der Waals surface area (Å²) in [4.78, 5) is 25.2. The topological polar surface area (TPSA) is 71.3 Å². The third-order valence-corrected chi connectivity index (χ3v) is 4.41. The molecule has 26 heavy (non-hydrogen) atoms. The van der Waals surface area contributed by atoms with Crippen LogP contribution in [0.4, 0.5) is 5.69 Å². The van der Waals surface area contributed by atoms with Crippen LogP contribution in [0.3, 0.4) is 0 Å². The first-order valence-corrected chi connectivity index (χ1v) is 8.62. The van der Waals surface area contributed by atoms with E-state index in [4.69, 9.17) is 11.6 Å². The number of hydrogen-bond acceptors (Lipinski definition) is 3. The molecule has 0 saturated heterocycles. The van der Waals surface area contributed by atoms with Crippen LogP contribution >= 0.6 is 11.6 Å². The van der Waals surface area contributed by atoms with Crippen molar-refractivity contribution in [1.82, 2.24) is 4.57 Å². The zero-order valence-corrected chi connectivity index (χ0v) is 15.2. The SMILES string of the molecule is Cc1ccc(Cl)cc1C(=O)Nc1cccc2c(=O)n(CC(C)O)ccc12. The quantitative estimate of drug-likeness (QED) is 0.737. The van der Waals surface area contributed by atoms with E-state index in [1.165, 1.54) is 4.57 Å². The lowest BCUT2D eigenvalue weighted by molar-refractivity contribution is 0.102. The smallest absolute Gasteiger partial charge is 0.258 e. The first-order valence-electron chi connectivity index (χ1n) is 8.24. The van der Waals surface area contributed by atoms with Gasteiger partial charge >= 0.3 is 0 Å². The summed E-state index contributed by atoms with van der Waals surface area (Å²) in [5, 5.41) is 14.0. The monoisotopic (exact) mass is 370 g/mol. The van der Waals surface area contributed by atoms with Gasteiger partial charge in [0.1, 0.15) is 0 Å². The summed E-state index contributed by atoms with van der Waals surface area (Å²) < 4.78 is 1.46. The minimum Gasteiger partial charge on any atom is -0.392 e. The highest BCUT2D eigenvalue weighted by molar-refractivity contribution is 6.31. The molecular formula is C20H19ClN2O3. The third kappa shape index (κ3) is 3.64. The van der Waals surface area contributed by atoms with Crippen molar-refractivity contribution in [2.24, 2.45) is 0 Å². The molecule has 0 radical (unpaired) electrons. The van der Waals surface area contributed by atoms with Crippen LogP contribution in [-0.2, 0) is 6.54 Å². The van der Waals surface area contributed by atoms with Crippen molar-refractivity contribution in [2.45, 2.75) is 26.5 Å². The zero-order valence-electron chi connectivity index (χ0n) is 14.5. The molecule has 0 fully saturated rings. The number of aromatic nitrogens is 1. The van der Waals surface area contributed by atoms with Gasteiger partial charge in [-0.1, -0.05) is 23.7 Å². The first-order chi connectivity index (χ1) is 12.4. The second kappa shape index (κ2) is 7.32. The Morgan fingerprint density at radius 1 is 1.23 bits per heavy atom. The van der Waals surface area contributed by atoms with E-state index in [0.29, 0.717) is 27.0 Å².